The number of carbonyl (C=O) groups excluding carboxylic acids is 1. The van der Waals surface area contributed by atoms with Crippen LogP contribution in [0, 0.1) is 16.7 Å². The number of nitrogens with zero attached hydrogens (tertiary/aromatic N) is 1. The summed E-state index contributed by atoms with van der Waals surface area (Å²) in [6, 6.07) is 3.20. The Morgan fingerprint density at radius 3 is 1.76 bits per heavy atom. The largest absolute Gasteiger partial charge is 0.458 e. The Kier molecular flexibility index (Phi) is 20.5. The molecule has 1 aromatic heterocycles. The number of ether oxygens (including phenoxy) is 15. The Hall–Kier alpha value is -2.56. The lowest BCUT2D eigenvalue weighted by atomic mass is 9.42. The van der Waals surface area contributed by atoms with Crippen molar-refractivity contribution in [2.75, 3.05) is 35.0 Å². The van der Waals surface area contributed by atoms with E-state index in [9.17, 15) is 50.8 Å². The lowest BCUT2D eigenvalue weighted by Gasteiger charge is -2.67. The van der Waals surface area contributed by atoms with Gasteiger partial charge in [-0.15, -0.1) is 0 Å². The van der Waals surface area contributed by atoms with E-state index in [1.807, 2.05) is 19.9 Å². The molecule has 3 saturated carbocycles. The number of methoxy groups -OCH3 is 4. The molecule has 5 aliphatic heterocycles. The molecule has 26 nitrogen and oxygen atoms in total. The van der Waals surface area contributed by atoms with E-state index in [4.69, 9.17) is 71.1 Å². The van der Waals surface area contributed by atoms with Gasteiger partial charge >= 0.3 is 5.97 Å². The number of hydrogen-bond donors (Lipinski definition) is 9. The minimum Gasteiger partial charge on any atom is -0.458 e. The second kappa shape index (κ2) is 26.4. The summed E-state index contributed by atoms with van der Waals surface area (Å²) in [5, 5.41) is 102. The summed E-state index contributed by atoms with van der Waals surface area (Å²) >= 11 is 0. The first-order valence-corrected chi connectivity index (χ1v) is 30.9. The zero-order chi connectivity index (χ0) is 62.9. The van der Waals surface area contributed by atoms with Crippen molar-refractivity contribution < 1.29 is 122 Å². The number of aliphatic hydroxyl groups excluding tert-OH is 6. The molecular formula is C61H95NO25. The van der Waals surface area contributed by atoms with Crippen molar-refractivity contribution in [2.24, 2.45) is 16.7 Å². The van der Waals surface area contributed by atoms with Gasteiger partial charge in [0, 0.05) is 66.0 Å². The van der Waals surface area contributed by atoms with Gasteiger partial charge in [-0.3, -0.25) is 4.98 Å². The average Bonchev–Trinajstić information content (AvgIpc) is 1.61. The highest BCUT2D eigenvalue weighted by molar-refractivity contribution is 5.89. The lowest BCUT2D eigenvalue weighted by molar-refractivity contribution is -0.374. The number of aromatic nitrogens is 1. The van der Waals surface area contributed by atoms with Crippen LogP contribution in [0.4, 0.5) is 0 Å². The summed E-state index contributed by atoms with van der Waals surface area (Å²) < 4.78 is 93.6. The number of carbonyl (C=O) groups is 1. The SMILES string of the molecule is CO[C@H]1[C@@H](O)[C@H](O[C@@H]2[C@@H](C)O[C@@H](O[C@H]3[C@@H](OC)C[C@H](O[C@H]4[C@@H](OC)C[C@H](O[C@H]5CC[C@@]6(C)C(=CC[C@]7(O)[C@@H]6C[C@@H](OC(=O)c6cccnc6)[C@@]6(C)[C@@]7(O)CC[C@]6(O)[C@H](C)O)C5)O[C@@H]4C)O[C@@H]3C)C[C@H]2OC)O[C@H](C)[C@H]1O[C@@H]1O[C@H](CO)[C@@H](O)[C@H](O)[C@H]1O. The van der Waals surface area contributed by atoms with Crippen LogP contribution >= 0.6 is 0 Å². The molecule has 10 rings (SSSR count). The van der Waals surface area contributed by atoms with Gasteiger partial charge in [-0.05, 0) is 97.1 Å². The summed E-state index contributed by atoms with van der Waals surface area (Å²) in [6.07, 6.45) is -15.6. The Morgan fingerprint density at radius 1 is 0.667 bits per heavy atom. The fourth-order valence-electron chi connectivity index (χ4n) is 16.5. The van der Waals surface area contributed by atoms with Crippen molar-refractivity contribution in [3.63, 3.8) is 0 Å². The third kappa shape index (κ3) is 11.9. The first-order valence-electron chi connectivity index (χ1n) is 30.9. The van der Waals surface area contributed by atoms with Crippen molar-refractivity contribution >= 4 is 5.97 Å². The van der Waals surface area contributed by atoms with Gasteiger partial charge in [-0.1, -0.05) is 25.5 Å². The minimum absolute atomic E-state index is 0.0122. The van der Waals surface area contributed by atoms with Crippen molar-refractivity contribution in [2.45, 2.75) is 283 Å². The Balaban J connectivity index is 0.728. The molecule has 31 atom stereocenters. The number of aliphatic hydroxyl groups is 9. The van der Waals surface area contributed by atoms with E-state index in [0.717, 1.165) is 5.57 Å². The summed E-state index contributed by atoms with van der Waals surface area (Å²) in [7, 11) is 6.10. The number of rotatable bonds is 18. The van der Waals surface area contributed by atoms with Crippen LogP contribution in [0.1, 0.15) is 123 Å². The van der Waals surface area contributed by atoms with E-state index in [2.05, 4.69) is 11.9 Å². The highest BCUT2D eigenvalue weighted by Gasteiger charge is 2.81. The smallest absolute Gasteiger partial charge is 0.339 e. The number of esters is 1. The summed E-state index contributed by atoms with van der Waals surface area (Å²) in [4.78, 5) is 17.8. The van der Waals surface area contributed by atoms with Gasteiger partial charge in [0.05, 0.1) is 72.5 Å². The van der Waals surface area contributed by atoms with Crippen LogP contribution in [0.5, 0.6) is 0 Å². The van der Waals surface area contributed by atoms with Crippen molar-refractivity contribution in [1.29, 1.82) is 0 Å². The van der Waals surface area contributed by atoms with E-state index >= 15 is 0 Å². The Morgan fingerprint density at radius 2 is 1.22 bits per heavy atom. The molecular weight excluding hydrogens is 1150 g/mol. The van der Waals surface area contributed by atoms with Crippen LogP contribution < -0.4 is 0 Å². The average molecular weight is 1240 g/mol. The fourth-order valence-corrected chi connectivity index (χ4v) is 16.5. The zero-order valence-electron chi connectivity index (χ0n) is 51.7. The van der Waals surface area contributed by atoms with Gasteiger partial charge < -0.3 is 117 Å². The summed E-state index contributed by atoms with van der Waals surface area (Å²) in [6.45, 7) is 11.7. The normalized spacial score (nSPS) is 50.5. The third-order valence-corrected chi connectivity index (χ3v) is 21.6. The molecule has 0 unspecified atom stereocenters. The Bertz CT molecular complexity index is 2500. The van der Waals surface area contributed by atoms with E-state index in [0.29, 0.717) is 32.1 Å². The molecule has 494 valence electrons. The number of hydrogen-bond acceptors (Lipinski definition) is 26. The Labute approximate surface area is 507 Å². The van der Waals surface area contributed by atoms with Crippen molar-refractivity contribution in [1.82, 2.24) is 4.98 Å². The standard InChI is InChI=1S/C61H95NO25/c1-28-49(36(73-8)22-42(77-28)81-35-15-16-57(6)34(21-35)14-17-60(71)40(57)25-41(83-54(69)33-13-12-20-62-26-33)58(7)59(70,32(5)64)18-19-61(58,60)72)84-43-23-37(74-9)50(29(2)78-43)85-44-24-38(75-10)51(30(3)79-44)86-56-48(68)53(76-11)52(31(4)80-56)87-55-47(67)46(66)45(65)39(27-63)82-55/h12-14,20,26,28-32,35-53,55-56,63-68,70-72H,15-19,21-25,27H2,1-11H3/t28-,29-,30-,31-,32+,35+,36+,37+,38-,39-,40-,41-,42+,43+,44+,45-,46+,47-,48-,49-,50-,51-,52-,53+,55+,56+,57+,58-,59+,60+,61+/m1/s1. The molecule has 9 aliphatic rings. The molecule has 0 radical (unpaired) electrons. The van der Waals surface area contributed by atoms with Crippen molar-refractivity contribution in [3.05, 3.63) is 41.7 Å². The van der Waals surface area contributed by atoms with Crippen molar-refractivity contribution in [3.8, 4) is 0 Å². The van der Waals surface area contributed by atoms with Gasteiger partial charge in [-0.25, -0.2) is 4.79 Å². The lowest BCUT2D eigenvalue weighted by Crippen LogP contribution is -2.78. The minimum atomic E-state index is -1.94. The quantitative estimate of drug-likeness (QED) is 0.0726. The first-order chi connectivity index (χ1) is 41.2. The van der Waals surface area contributed by atoms with E-state index < -0.39 is 194 Å². The molecule has 0 bridgehead atoms. The van der Waals surface area contributed by atoms with Crippen LogP contribution in [0.2, 0.25) is 0 Å². The summed E-state index contributed by atoms with van der Waals surface area (Å²) in [5.74, 6) is -1.27. The van der Waals surface area contributed by atoms with E-state index in [1.54, 1.807) is 53.3 Å². The molecule has 87 heavy (non-hydrogen) atoms. The molecule has 0 spiro atoms. The molecule has 4 aliphatic carbocycles. The predicted octanol–water partition coefficient (Wildman–Crippen LogP) is 0.818. The van der Waals surface area contributed by atoms with Crippen LogP contribution in [0.15, 0.2) is 36.2 Å². The molecule has 1 aromatic rings. The van der Waals surface area contributed by atoms with Gasteiger partial charge in [0.25, 0.3) is 0 Å². The molecule has 5 saturated heterocycles. The topological polar surface area (TPSA) is 350 Å². The van der Waals surface area contributed by atoms with Crippen LogP contribution in [-0.4, -0.2) is 262 Å². The zero-order valence-corrected chi connectivity index (χ0v) is 51.7. The second-order valence-electron chi connectivity index (χ2n) is 26.2. The van der Waals surface area contributed by atoms with E-state index in [1.165, 1.54) is 27.3 Å². The maximum Gasteiger partial charge on any atom is 0.339 e. The first kappa shape index (κ1) is 67.3. The monoisotopic (exact) mass is 1240 g/mol. The molecule has 8 fully saturated rings. The van der Waals surface area contributed by atoms with Gasteiger partial charge in [0.1, 0.15) is 83.9 Å². The van der Waals surface area contributed by atoms with Gasteiger partial charge in [0.15, 0.2) is 31.5 Å². The third-order valence-electron chi connectivity index (χ3n) is 21.6. The maximum atomic E-state index is 13.8. The van der Waals surface area contributed by atoms with Crippen LogP contribution in [-0.2, 0) is 71.1 Å². The molecule has 0 amide bonds. The van der Waals surface area contributed by atoms with Gasteiger partial charge in [0.2, 0.25) is 0 Å². The number of pyridine rings is 1. The predicted molar refractivity (Wildman–Crippen MR) is 299 cm³/mol. The number of fused-ring (bicyclic) bond motifs is 5. The second-order valence-corrected chi connectivity index (χ2v) is 26.2. The van der Waals surface area contributed by atoms with Crippen LogP contribution in [0.25, 0.3) is 0 Å². The fraction of sp³-hybridized carbons (Fsp3) is 0.869. The maximum absolute atomic E-state index is 13.8. The van der Waals surface area contributed by atoms with Crippen LogP contribution in [0.3, 0.4) is 0 Å². The molecule has 9 N–H and O–H groups in total. The highest BCUT2D eigenvalue weighted by atomic mass is 16.8. The molecule has 6 heterocycles. The molecule has 0 aromatic carbocycles. The highest BCUT2D eigenvalue weighted by Crippen LogP contribution is 2.71. The molecule has 26 heteroatoms. The van der Waals surface area contributed by atoms with E-state index in [-0.39, 0.29) is 43.8 Å². The van der Waals surface area contributed by atoms with Gasteiger partial charge in [-0.2, -0.15) is 0 Å². The summed E-state index contributed by atoms with van der Waals surface area (Å²) in [5.41, 5.74) is -6.59.